The van der Waals surface area contributed by atoms with Gasteiger partial charge in [0, 0.05) is 5.56 Å². The third-order valence-electron chi connectivity index (χ3n) is 2.76. The van der Waals surface area contributed by atoms with Crippen LogP contribution in [0.4, 0.5) is 0 Å². The average Bonchev–Trinajstić information content (AvgIpc) is 2.99. The predicted molar refractivity (Wildman–Crippen MR) is 75.1 cm³/mol. The fourth-order valence-electron chi connectivity index (χ4n) is 1.81. The summed E-state index contributed by atoms with van der Waals surface area (Å²) >= 11 is 0. The summed E-state index contributed by atoms with van der Waals surface area (Å²) in [4.78, 5) is 0. The van der Waals surface area contributed by atoms with Gasteiger partial charge in [-0.15, -0.1) is 0 Å². The van der Waals surface area contributed by atoms with Crippen LogP contribution in [0, 0.1) is 0 Å². The molecule has 2 aromatic carbocycles. The summed E-state index contributed by atoms with van der Waals surface area (Å²) in [6.45, 7) is 0. The number of hydrogen-bond donors (Lipinski definition) is 1. The van der Waals surface area contributed by atoms with Gasteiger partial charge in [0.15, 0.2) is 0 Å². The van der Waals surface area contributed by atoms with Crippen LogP contribution < -0.4 is 4.74 Å². The number of benzene rings is 2. The fraction of sp³-hybridized carbons (Fsp3) is 0. The maximum atomic E-state index is 8.67. The van der Waals surface area contributed by atoms with Crippen LogP contribution in [-0.4, -0.2) is 31.6 Å². The Morgan fingerprint density at radius 2 is 1.81 bits per heavy atom. The second-order valence-corrected chi connectivity index (χ2v) is 4.09. The number of hydrogen-bond acceptors (Lipinski definition) is 6. The highest BCUT2D eigenvalue weighted by atomic mass is 16.5. The fourth-order valence-corrected chi connectivity index (χ4v) is 1.81. The van der Waals surface area contributed by atoms with Gasteiger partial charge in [-0.05, 0) is 34.7 Å². The van der Waals surface area contributed by atoms with Gasteiger partial charge >= 0.3 is 6.01 Å². The molecule has 0 atom stereocenters. The first-order chi connectivity index (χ1) is 10.4. The van der Waals surface area contributed by atoms with Crippen LogP contribution in [0.5, 0.6) is 11.8 Å². The van der Waals surface area contributed by atoms with Crippen LogP contribution in [0.25, 0.3) is 5.69 Å². The van der Waals surface area contributed by atoms with E-state index in [2.05, 4.69) is 20.7 Å². The van der Waals surface area contributed by atoms with Gasteiger partial charge in [-0.25, -0.2) is 0 Å². The second-order valence-electron chi connectivity index (χ2n) is 4.09. The second kappa shape index (κ2) is 5.83. The standard InChI is InChI=1S/C14H11N5O2/c20-15-10-11-6-4-5-9-13(11)21-14-16-17-18-19(14)12-7-2-1-3-8-12/h1-10,20H/b15-10+. The molecule has 1 heterocycles. The van der Waals surface area contributed by atoms with Crippen molar-refractivity contribution in [2.24, 2.45) is 5.16 Å². The largest absolute Gasteiger partial charge is 0.422 e. The number of oxime groups is 1. The molecule has 1 aromatic heterocycles. The third-order valence-corrected chi connectivity index (χ3v) is 2.76. The molecule has 0 saturated heterocycles. The molecule has 0 aliphatic rings. The van der Waals surface area contributed by atoms with Crippen LogP contribution in [0.2, 0.25) is 0 Å². The smallest absolute Gasteiger partial charge is 0.345 e. The van der Waals surface area contributed by atoms with Gasteiger partial charge in [-0.3, -0.25) is 0 Å². The molecule has 3 aromatic rings. The maximum absolute atomic E-state index is 8.67. The Balaban J connectivity index is 1.96. The quantitative estimate of drug-likeness (QED) is 0.450. The number of tetrazole rings is 1. The maximum Gasteiger partial charge on any atom is 0.345 e. The number of nitrogens with zero attached hydrogens (tertiary/aromatic N) is 5. The van der Waals surface area contributed by atoms with Gasteiger partial charge in [-0.1, -0.05) is 40.6 Å². The predicted octanol–water partition coefficient (Wildman–Crippen LogP) is 2.26. The Bertz CT molecular complexity index is 755. The van der Waals surface area contributed by atoms with E-state index in [0.717, 1.165) is 5.69 Å². The van der Waals surface area contributed by atoms with Crippen molar-refractivity contribution in [1.29, 1.82) is 0 Å². The van der Waals surface area contributed by atoms with Crippen molar-refractivity contribution in [3.05, 3.63) is 60.2 Å². The molecule has 0 bridgehead atoms. The van der Waals surface area contributed by atoms with Gasteiger partial charge in [0.1, 0.15) is 5.75 Å². The van der Waals surface area contributed by atoms with Gasteiger partial charge in [0.25, 0.3) is 0 Å². The molecule has 7 nitrogen and oxygen atoms in total. The monoisotopic (exact) mass is 281 g/mol. The summed E-state index contributed by atoms with van der Waals surface area (Å²) in [6.07, 6.45) is 1.28. The van der Waals surface area contributed by atoms with Gasteiger partial charge in [0.2, 0.25) is 0 Å². The van der Waals surface area contributed by atoms with Crippen LogP contribution in [0.3, 0.4) is 0 Å². The average molecular weight is 281 g/mol. The first-order valence-corrected chi connectivity index (χ1v) is 6.16. The molecule has 0 fully saturated rings. The summed E-state index contributed by atoms with van der Waals surface area (Å²) in [6, 6.07) is 16.7. The van der Waals surface area contributed by atoms with Gasteiger partial charge in [0.05, 0.1) is 11.9 Å². The minimum atomic E-state index is 0.222. The Morgan fingerprint density at radius 1 is 1.05 bits per heavy atom. The molecular weight excluding hydrogens is 270 g/mol. The Kier molecular flexibility index (Phi) is 3.55. The van der Waals surface area contributed by atoms with Crippen molar-refractivity contribution < 1.29 is 9.94 Å². The zero-order valence-electron chi connectivity index (χ0n) is 10.9. The van der Waals surface area contributed by atoms with E-state index in [0.29, 0.717) is 11.3 Å². The highest BCUT2D eigenvalue weighted by molar-refractivity contribution is 5.83. The minimum Gasteiger partial charge on any atom is -0.422 e. The summed E-state index contributed by atoms with van der Waals surface area (Å²) < 4.78 is 7.19. The summed E-state index contributed by atoms with van der Waals surface area (Å²) in [5, 5.41) is 23.1. The Morgan fingerprint density at radius 3 is 2.62 bits per heavy atom. The van der Waals surface area contributed by atoms with Gasteiger partial charge < -0.3 is 9.94 Å². The number of para-hydroxylation sites is 2. The third kappa shape index (κ3) is 2.71. The zero-order chi connectivity index (χ0) is 14.5. The lowest BCUT2D eigenvalue weighted by atomic mass is 10.2. The van der Waals surface area contributed by atoms with Crippen molar-refractivity contribution >= 4 is 6.21 Å². The molecule has 0 spiro atoms. The number of rotatable bonds is 4. The van der Waals surface area contributed by atoms with E-state index in [1.165, 1.54) is 10.9 Å². The van der Waals surface area contributed by atoms with E-state index < -0.39 is 0 Å². The highest BCUT2D eigenvalue weighted by Gasteiger charge is 2.12. The molecule has 0 aliphatic heterocycles. The summed E-state index contributed by atoms with van der Waals surface area (Å²) in [7, 11) is 0. The van der Waals surface area contributed by atoms with Crippen LogP contribution in [-0.2, 0) is 0 Å². The molecule has 7 heteroatoms. The van der Waals surface area contributed by atoms with E-state index in [4.69, 9.17) is 9.94 Å². The molecular formula is C14H11N5O2. The molecule has 0 aliphatic carbocycles. The van der Waals surface area contributed by atoms with E-state index in [-0.39, 0.29) is 6.01 Å². The van der Waals surface area contributed by atoms with E-state index >= 15 is 0 Å². The highest BCUT2D eigenvalue weighted by Crippen LogP contribution is 2.23. The number of ether oxygens (including phenoxy) is 1. The van der Waals surface area contributed by atoms with Crippen LogP contribution in [0.1, 0.15) is 5.56 Å². The molecule has 3 rings (SSSR count). The SMILES string of the molecule is O/N=C/c1ccccc1Oc1nnnn1-c1ccccc1. The molecule has 0 radical (unpaired) electrons. The van der Waals surface area contributed by atoms with Gasteiger partial charge in [-0.2, -0.15) is 4.68 Å². The van der Waals surface area contributed by atoms with Crippen molar-refractivity contribution in [1.82, 2.24) is 20.2 Å². The lowest BCUT2D eigenvalue weighted by Crippen LogP contribution is -2.01. The lowest BCUT2D eigenvalue weighted by molar-refractivity contribution is 0.321. The van der Waals surface area contributed by atoms with E-state index in [9.17, 15) is 0 Å². The molecule has 0 amide bonds. The molecule has 1 N–H and O–H groups in total. The topological polar surface area (TPSA) is 85.4 Å². The lowest BCUT2D eigenvalue weighted by Gasteiger charge is -2.07. The minimum absolute atomic E-state index is 0.222. The molecule has 104 valence electrons. The summed E-state index contributed by atoms with van der Waals surface area (Å²) in [5.41, 5.74) is 1.40. The zero-order valence-corrected chi connectivity index (χ0v) is 10.9. The first kappa shape index (κ1) is 12.8. The van der Waals surface area contributed by atoms with Crippen LogP contribution in [0.15, 0.2) is 59.8 Å². The van der Waals surface area contributed by atoms with Crippen molar-refractivity contribution in [2.45, 2.75) is 0 Å². The first-order valence-electron chi connectivity index (χ1n) is 6.16. The molecule has 21 heavy (non-hydrogen) atoms. The van der Waals surface area contributed by atoms with E-state index in [1.54, 1.807) is 18.2 Å². The normalized spacial score (nSPS) is 10.9. The summed E-state index contributed by atoms with van der Waals surface area (Å²) in [5.74, 6) is 0.488. The molecule has 0 saturated carbocycles. The van der Waals surface area contributed by atoms with E-state index in [1.807, 2.05) is 36.4 Å². The van der Waals surface area contributed by atoms with Crippen molar-refractivity contribution in [2.75, 3.05) is 0 Å². The van der Waals surface area contributed by atoms with Crippen molar-refractivity contribution in [3.63, 3.8) is 0 Å². The Hall–Kier alpha value is -3.22. The van der Waals surface area contributed by atoms with Crippen LogP contribution >= 0.6 is 0 Å². The Labute approximate surface area is 120 Å². The molecule has 0 unspecified atom stereocenters. The van der Waals surface area contributed by atoms with Crippen molar-refractivity contribution in [3.8, 4) is 17.4 Å². The number of aromatic nitrogens is 4.